The minimum Gasteiger partial charge on any atom is -0.455 e. The summed E-state index contributed by atoms with van der Waals surface area (Å²) in [4.78, 5) is 4.24. The zero-order chi connectivity index (χ0) is 14.0. The molecule has 1 aromatic carbocycles. The van der Waals surface area contributed by atoms with Gasteiger partial charge in [-0.1, -0.05) is 32.9 Å². The molecule has 0 atom stereocenters. The molecule has 2 rings (SSSR count). The molecule has 0 unspecified atom stereocenters. The number of hydrogen-bond donors (Lipinski definition) is 0. The maximum atomic E-state index is 5.95. The molecule has 2 nitrogen and oxygen atoms in total. The van der Waals surface area contributed by atoms with Gasteiger partial charge in [-0.05, 0) is 48.6 Å². The van der Waals surface area contributed by atoms with Gasteiger partial charge in [0.25, 0.3) is 0 Å². The zero-order valence-electron chi connectivity index (χ0n) is 12.3. The summed E-state index contributed by atoms with van der Waals surface area (Å²) in [5.41, 5.74) is 3.53. The third-order valence-electron chi connectivity index (χ3n) is 3.22. The topological polar surface area (TPSA) is 22.1 Å². The number of hydrogen-bond acceptors (Lipinski definition) is 2. The largest absolute Gasteiger partial charge is 0.455 e. The predicted molar refractivity (Wildman–Crippen MR) is 78.9 cm³/mol. The number of aromatic nitrogens is 1. The maximum absolute atomic E-state index is 5.95. The van der Waals surface area contributed by atoms with Crippen LogP contribution in [0.5, 0.6) is 11.5 Å². The van der Waals surface area contributed by atoms with E-state index in [1.807, 2.05) is 25.1 Å². The normalized spacial score (nSPS) is 11.4. The van der Waals surface area contributed by atoms with Crippen LogP contribution in [0.2, 0.25) is 0 Å². The Morgan fingerprint density at radius 2 is 1.74 bits per heavy atom. The molecule has 0 N–H and O–H groups in total. The Morgan fingerprint density at radius 1 is 1.00 bits per heavy atom. The highest BCUT2D eigenvalue weighted by atomic mass is 16.5. The van der Waals surface area contributed by atoms with Crippen LogP contribution < -0.4 is 4.74 Å². The summed E-state index contributed by atoms with van der Waals surface area (Å²) in [5, 5.41) is 0. The molecular weight excluding hydrogens is 234 g/mol. The third kappa shape index (κ3) is 3.14. The van der Waals surface area contributed by atoms with Crippen molar-refractivity contribution in [3.05, 3.63) is 53.3 Å². The molecule has 0 aliphatic heterocycles. The summed E-state index contributed by atoms with van der Waals surface area (Å²) < 4.78 is 5.95. The van der Waals surface area contributed by atoms with Gasteiger partial charge in [-0.2, -0.15) is 0 Å². The molecule has 0 saturated carbocycles. The van der Waals surface area contributed by atoms with Crippen LogP contribution >= 0.6 is 0 Å². The minimum atomic E-state index is 0.160. The fraction of sp³-hybridized carbons (Fsp3) is 0.353. The maximum Gasteiger partial charge on any atom is 0.148 e. The monoisotopic (exact) mass is 255 g/mol. The summed E-state index contributed by atoms with van der Waals surface area (Å²) in [6.45, 7) is 10.7. The second-order valence-electron chi connectivity index (χ2n) is 5.92. The Balaban J connectivity index is 2.30. The van der Waals surface area contributed by atoms with Crippen LogP contribution in [0.25, 0.3) is 0 Å². The van der Waals surface area contributed by atoms with Crippen LogP contribution in [0.3, 0.4) is 0 Å². The quantitative estimate of drug-likeness (QED) is 0.769. The molecule has 0 aliphatic carbocycles. The van der Waals surface area contributed by atoms with Crippen LogP contribution in [-0.2, 0) is 5.41 Å². The van der Waals surface area contributed by atoms with Gasteiger partial charge < -0.3 is 4.74 Å². The molecule has 0 saturated heterocycles. The summed E-state index contributed by atoms with van der Waals surface area (Å²) >= 11 is 0. The number of nitrogens with zero attached hydrogens (tertiary/aromatic N) is 1. The average Bonchev–Trinajstić information content (AvgIpc) is 2.33. The predicted octanol–water partition coefficient (Wildman–Crippen LogP) is 4.79. The molecule has 0 aliphatic rings. The van der Waals surface area contributed by atoms with Crippen molar-refractivity contribution in [1.82, 2.24) is 4.98 Å². The van der Waals surface area contributed by atoms with E-state index in [-0.39, 0.29) is 5.41 Å². The van der Waals surface area contributed by atoms with Crippen LogP contribution in [0.15, 0.2) is 36.5 Å². The highest BCUT2D eigenvalue weighted by Gasteiger charge is 2.15. The van der Waals surface area contributed by atoms with E-state index in [4.69, 9.17) is 4.74 Å². The highest BCUT2D eigenvalue weighted by Crippen LogP contribution is 2.30. The Morgan fingerprint density at radius 3 is 2.32 bits per heavy atom. The number of rotatable bonds is 2. The van der Waals surface area contributed by atoms with Crippen molar-refractivity contribution in [2.24, 2.45) is 0 Å². The summed E-state index contributed by atoms with van der Waals surface area (Å²) in [6.07, 6.45) is 1.78. The van der Waals surface area contributed by atoms with Gasteiger partial charge >= 0.3 is 0 Å². The van der Waals surface area contributed by atoms with Crippen molar-refractivity contribution in [3.8, 4) is 11.5 Å². The average molecular weight is 255 g/mol. The van der Waals surface area contributed by atoms with Crippen LogP contribution in [0.1, 0.15) is 37.6 Å². The van der Waals surface area contributed by atoms with Gasteiger partial charge in [0.05, 0.1) is 5.69 Å². The van der Waals surface area contributed by atoms with Crippen molar-refractivity contribution in [3.63, 3.8) is 0 Å². The highest BCUT2D eigenvalue weighted by molar-refractivity contribution is 5.42. The van der Waals surface area contributed by atoms with Crippen molar-refractivity contribution >= 4 is 0 Å². The van der Waals surface area contributed by atoms with E-state index in [2.05, 4.69) is 44.8 Å². The van der Waals surface area contributed by atoms with E-state index in [0.717, 1.165) is 22.8 Å². The Bertz CT molecular complexity index is 582. The van der Waals surface area contributed by atoms with Gasteiger partial charge in [0, 0.05) is 6.20 Å². The molecule has 1 heterocycles. The van der Waals surface area contributed by atoms with E-state index in [0.29, 0.717) is 0 Å². The van der Waals surface area contributed by atoms with E-state index >= 15 is 0 Å². The van der Waals surface area contributed by atoms with E-state index in [1.165, 1.54) is 5.56 Å². The smallest absolute Gasteiger partial charge is 0.148 e. The van der Waals surface area contributed by atoms with Crippen LogP contribution in [0.4, 0.5) is 0 Å². The lowest BCUT2D eigenvalue weighted by Gasteiger charge is -2.20. The van der Waals surface area contributed by atoms with E-state index < -0.39 is 0 Å². The fourth-order valence-corrected chi connectivity index (χ4v) is 1.93. The molecule has 1 aromatic heterocycles. The van der Waals surface area contributed by atoms with Crippen molar-refractivity contribution < 1.29 is 4.74 Å². The van der Waals surface area contributed by atoms with Gasteiger partial charge in [-0.3, -0.25) is 4.98 Å². The molecule has 0 spiro atoms. The zero-order valence-corrected chi connectivity index (χ0v) is 12.3. The number of aryl methyl sites for hydroxylation is 2. The second-order valence-corrected chi connectivity index (χ2v) is 5.92. The molecular formula is C17H21NO. The lowest BCUT2D eigenvalue weighted by molar-refractivity contribution is 0.471. The van der Waals surface area contributed by atoms with Gasteiger partial charge in [0.2, 0.25) is 0 Å². The van der Waals surface area contributed by atoms with Crippen molar-refractivity contribution in [1.29, 1.82) is 0 Å². The molecule has 100 valence electrons. The third-order valence-corrected chi connectivity index (χ3v) is 3.22. The van der Waals surface area contributed by atoms with E-state index in [9.17, 15) is 0 Å². The molecule has 2 heteroatoms. The lowest BCUT2D eigenvalue weighted by Crippen LogP contribution is -2.11. The first kappa shape index (κ1) is 13.6. The first-order valence-corrected chi connectivity index (χ1v) is 6.58. The molecule has 0 amide bonds. The number of pyridine rings is 1. The lowest BCUT2D eigenvalue weighted by atomic mass is 9.86. The van der Waals surface area contributed by atoms with Gasteiger partial charge in [-0.15, -0.1) is 0 Å². The number of benzene rings is 1. The van der Waals surface area contributed by atoms with Gasteiger partial charge in [-0.25, -0.2) is 0 Å². The molecule has 0 bridgehead atoms. The molecule has 0 radical (unpaired) electrons. The van der Waals surface area contributed by atoms with Crippen LogP contribution in [-0.4, -0.2) is 4.98 Å². The second kappa shape index (κ2) is 5.04. The van der Waals surface area contributed by atoms with Crippen LogP contribution in [0, 0.1) is 13.8 Å². The van der Waals surface area contributed by atoms with E-state index in [1.54, 1.807) is 6.20 Å². The Kier molecular flexibility index (Phi) is 3.61. The molecule has 2 aromatic rings. The first-order valence-electron chi connectivity index (χ1n) is 6.58. The fourth-order valence-electron chi connectivity index (χ4n) is 1.93. The van der Waals surface area contributed by atoms with Crippen molar-refractivity contribution in [2.45, 2.75) is 40.0 Å². The van der Waals surface area contributed by atoms with Gasteiger partial charge in [0.1, 0.15) is 11.5 Å². The van der Waals surface area contributed by atoms with Gasteiger partial charge in [0.15, 0.2) is 0 Å². The molecule has 19 heavy (non-hydrogen) atoms. The Labute approximate surface area is 115 Å². The summed E-state index contributed by atoms with van der Waals surface area (Å²) in [7, 11) is 0. The Hall–Kier alpha value is -1.83. The molecule has 0 fully saturated rings. The SMILES string of the molecule is Cc1cc(C(C)(C)C)ccc1Oc1cccnc1C. The first-order chi connectivity index (χ1) is 8.88. The summed E-state index contributed by atoms with van der Waals surface area (Å²) in [5.74, 6) is 1.71. The minimum absolute atomic E-state index is 0.160. The number of ether oxygens (including phenoxy) is 1. The summed E-state index contributed by atoms with van der Waals surface area (Å²) in [6, 6.07) is 10.2. The standard InChI is InChI=1S/C17H21NO/c1-12-11-14(17(3,4)5)8-9-15(12)19-16-7-6-10-18-13(16)2/h6-11H,1-5H3. The van der Waals surface area contributed by atoms with Crippen molar-refractivity contribution in [2.75, 3.05) is 0 Å².